The zero-order chi connectivity index (χ0) is 15.4. The van der Waals surface area contributed by atoms with Gasteiger partial charge in [-0.3, -0.25) is 0 Å². The Kier molecular flexibility index (Phi) is 4.38. The van der Waals surface area contributed by atoms with Crippen molar-refractivity contribution in [2.45, 2.75) is 19.8 Å². The van der Waals surface area contributed by atoms with Crippen LogP contribution in [0.2, 0.25) is 0 Å². The Morgan fingerprint density at radius 2 is 1.62 bits per heavy atom. The number of carboxylic acid groups (broad SMARTS) is 2. The summed E-state index contributed by atoms with van der Waals surface area (Å²) in [6.07, 6.45) is 2.00. The molecule has 0 aliphatic carbocycles. The lowest BCUT2D eigenvalue weighted by atomic mass is 9.96. The van der Waals surface area contributed by atoms with Gasteiger partial charge in [-0.05, 0) is 41.3 Å². The fourth-order valence-electron chi connectivity index (χ4n) is 2.24. The van der Waals surface area contributed by atoms with Crippen LogP contribution in [0.25, 0.3) is 11.1 Å². The Morgan fingerprint density at radius 3 is 2.14 bits per heavy atom. The molecular weight excluding hydrogens is 268 g/mol. The molecule has 0 saturated heterocycles. The molecule has 2 aromatic carbocycles. The molecule has 0 aliphatic heterocycles. The monoisotopic (exact) mass is 284 g/mol. The molecule has 0 aliphatic rings. The average Bonchev–Trinajstić information content (AvgIpc) is 2.47. The van der Waals surface area contributed by atoms with Crippen LogP contribution in [-0.4, -0.2) is 22.2 Å². The van der Waals surface area contributed by atoms with E-state index in [1.165, 1.54) is 23.8 Å². The summed E-state index contributed by atoms with van der Waals surface area (Å²) in [7, 11) is 0. The van der Waals surface area contributed by atoms with Gasteiger partial charge in [0.25, 0.3) is 0 Å². The molecule has 0 heterocycles. The first-order valence-corrected chi connectivity index (χ1v) is 6.73. The van der Waals surface area contributed by atoms with Gasteiger partial charge < -0.3 is 10.2 Å². The van der Waals surface area contributed by atoms with Crippen LogP contribution in [0.5, 0.6) is 0 Å². The van der Waals surface area contributed by atoms with Crippen LogP contribution in [0, 0.1) is 0 Å². The second-order valence-electron chi connectivity index (χ2n) is 4.82. The first-order valence-electron chi connectivity index (χ1n) is 6.73. The van der Waals surface area contributed by atoms with Gasteiger partial charge in [0, 0.05) is 0 Å². The van der Waals surface area contributed by atoms with Crippen molar-refractivity contribution < 1.29 is 19.8 Å². The van der Waals surface area contributed by atoms with Gasteiger partial charge in [-0.25, -0.2) is 9.59 Å². The van der Waals surface area contributed by atoms with Crippen LogP contribution in [0.1, 0.15) is 39.6 Å². The summed E-state index contributed by atoms with van der Waals surface area (Å²) in [6, 6.07) is 11.6. The standard InChI is InChI=1S/C17H16O4/c1-2-3-11-4-6-12(7-5-11)15-10-13(16(18)19)8-9-14(15)17(20)21/h4-10H,2-3H2,1H3,(H,18,19)(H,20,21). The van der Waals surface area contributed by atoms with Crippen molar-refractivity contribution in [2.24, 2.45) is 0 Å². The number of aromatic carboxylic acids is 2. The largest absolute Gasteiger partial charge is 0.478 e. The van der Waals surface area contributed by atoms with Crippen LogP contribution in [0.3, 0.4) is 0 Å². The van der Waals surface area contributed by atoms with Gasteiger partial charge in [0.15, 0.2) is 0 Å². The van der Waals surface area contributed by atoms with E-state index in [4.69, 9.17) is 5.11 Å². The van der Waals surface area contributed by atoms with Gasteiger partial charge in [-0.1, -0.05) is 37.6 Å². The Labute approximate surface area is 122 Å². The van der Waals surface area contributed by atoms with E-state index in [9.17, 15) is 14.7 Å². The molecule has 0 saturated carbocycles. The van der Waals surface area contributed by atoms with E-state index in [1.54, 1.807) is 0 Å². The fraction of sp³-hybridized carbons (Fsp3) is 0.176. The molecular formula is C17H16O4. The zero-order valence-corrected chi connectivity index (χ0v) is 11.7. The summed E-state index contributed by atoms with van der Waals surface area (Å²) in [5.41, 5.74) is 2.48. The van der Waals surface area contributed by atoms with Crippen molar-refractivity contribution in [1.82, 2.24) is 0 Å². The first kappa shape index (κ1) is 14.8. The molecule has 21 heavy (non-hydrogen) atoms. The van der Waals surface area contributed by atoms with E-state index in [-0.39, 0.29) is 11.1 Å². The highest BCUT2D eigenvalue weighted by atomic mass is 16.4. The topological polar surface area (TPSA) is 74.6 Å². The molecule has 0 radical (unpaired) electrons. The molecule has 0 atom stereocenters. The smallest absolute Gasteiger partial charge is 0.336 e. The molecule has 2 N–H and O–H groups in total. The molecule has 0 spiro atoms. The lowest BCUT2D eigenvalue weighted by Crippen LogP contribution is -2.03. The predicted octanol–water partition coefficient (Wildman–Crippen LogP) is 3.70. The highest BCUT2D eigenvalue weighted by Crippen LogP contribution is 2.26. The minimum absolute atomic E-state index is 0.0765. The third-order valence-electron chi connectivity index (χ3n) is 3.30. The van der Waals surface area contributed by atoms with Crippen LogP contribution in [0.15, 0.2) is 42.5 Å². The van der Waals surface area contributed by atoms with E-state index in [0.29, 0.717) is 11.1 Å². The average molecular weight is 284 g/mol. The highest BCUT2D eigenvalue weighted by Gasteiger charge is 2.14. The number of rotatable bonds is 5. The van der Waals surface area contributed by atoms with E-state index >= 15 is 0 Å². The number of hydrogen-bond donors (Lipinski definition) is 2. The lowest BCUT2D eigenvalue weighted by molar-refractivity contribution is 0.0682. The molecule has 0 unspecified atom stereocenters. The molecule has 2 aromatic rings. The van der Waals surface area contributed by atoms with Crippen molar-refractivity contribution in [3.05, 3.63) is 59.2 Å². The van der Waals surface area contributed by atoms with Crippen molar-refractivity contribution in [2.75, 3.05) is 0 Å². The summed E-state index contributed by atoms with van der Waals surface area (Å²) in [5, 5.41) is 18.3. The highest BCUT2D eigenvalue weighted by molar-refractivity contribution is 5.99. The Hall–Kier alpha value is -2.62. The second-order valence-corrected chi connectivity index (χ2v) is 4.82. The van der Waals surface area contributed by atoms with Gasteiger partial charge in [0.2, 0.25) is 0 Å². The van der Waals surface area contributed by atoms with Crippen molar-refractivity contribution in [3.63, 3.8) is 0 Å². The summed E-state index contributed by atoms with van der Waals surface area (Å²) in [6.45, 7) is 2.09. The van der Waals surface area contributed by atoms with Gasteiger partial charge in [-0.15, -0.1) is 0 Å². The third kappa shape index (κ3) is 3.28. The minimum atomic E-state index is -1.07. The zero-order valence-electron chi connectivity index (χ0n) is 11.7. The minimum Gasteiger partial charge on any atom is -0.478 e. The molecule has 0 fully saturated rings. The maximum atomic E-state index is 11.3. The third-order valence-corrected chi connectivity index (χ3v) is 3.30. The number of aryl methyl sites for hydroxylation is 1. The first-order chi connectivity index (χ1) is 10.0. The SMILES string of the molecule is CCCc1ccc(-c2cc(C(=O)O)ccc2C(=O)O)cc1. The summed E-state index contributed by atoms with van der Waals surface area (Å²) < 4.78 is 0. The lowest BCUT2D eigenvalue weighted by Gasteiger charge is -2.09. The maximum absolute atomic E-state index is 11.3. The van der Waals surface area contributed by atoms with Crippen molar-refractivity contribution in [3.8, 4) is 11.1 Å². The van der Waals surface area contributed by atoms with Crippen LogP contribution >= 0.6 is 0 Å². The van der Waals surface area contributed by atoms with E-state index in [2.05, 4.69) is 6.92 Å². The normalized spacial score (nSPS) is 10.3. The summed E-state index contributed by atoms with van der Waals surface area (Å²) in [4.78, 5) is 22.4. The predicted molar refractivity (Wildman–Crippen MR) is 79.8 cm³/mol. The number of carbonyl (C=O) groups is 2. The van der Waals surface area contributed by atoms with Gasteiger partial charge in [0.1, 0.15) is 0 Å². The number of hydrogen-bond acceptors (Lipinski definition) is 2. The van der Waals surface area contributed by atoms with Gasteiger partial charge in [0.05, 0.1) is 11.1 Å². The Morgan fingerprint density at radius 1 is 0.952 bits per heavy atom. The quantitative estimate of drug-likeness (QED) is 0.877. The fourth-order valence-corrected chi connectivity index (χ4v) is 2.24. The second kappa shape index (κ2) is 6.22. The van der Waals surface area contributed by atoms with Crippen LogP contribution in [0.4, 0.5) is 0 Å². The number of carboxylic acids is 2. The molecule has 4 heteroatoms. The van der Waals surface area contributed by atoms with E-state index in [1.807, 2.05) is 24.3 Å². The summed E-state index contributed by atoms with van der Waals surface area (Å²) in [5.74, 6) is -2.14. The molecule has 0 amide bonds. The molecule has 108 valence electrons. The van der Waals surface area contributed by atoms with Crippen molar-refractivity contribution in [1.29, 1.82) is 0 Å². The Balaban J connectivity index is 2.51. The Bertz CT molecular complexity index is 672. The van der Waals surface area contributed by atoms with Crippen LogP contribution in [-0.2, 0) is 6.42 Å². The van der Waals surface area contributed by atoms with Crippen LogP contribution < -0.4 is 0 Å². The molecule has 4 nitrogen and oxygen atoms in total. The summed E-state index contributed by atoms with van der Waals surface area (Å²) >= 11 is 0. The van der Waals surface area contributed by atoms with Gasteiger partial charge in [-0.2, -0.15) is 0 Å². The van der Waals surface area contributed by atoms with Crippen molar-refractivity contribution >= 4 is 11.9 Å². The molecule has 0 aromatic heterocycles. The van der Waals surface area contributed by atoms with Gasteiger partial charge >= 0.3 is 11.9 Å². The van der Waals surface area contributed by atoms with E-state index in [0.717, 1.165) is 12.8 Å². The maximum Gasteiger partial charge on any atom is 0.336 e. The van der Waals surface area contributed by atoms with E-state index < -0.39 is 11.9 Å². The molecule has 2 rings (SSSR count). The number of benzene rings is 2. The molecule has 0 bridgehead atoms.